The van der Waals surface area contributed by atoms with E-state index in [0.29, 0.717) is 35.6 Å². The molecule has 0 unspecified atom stereocenters. The number of ether oxygens (including phenoxy) is 1. The zero-order valence-corrected chi connectivity index (χ0v) is 13.1. The number of amides is 1. The van der Waals surface area contributed by atoms with Crippen molar-refractivity contribution in [3.8, 4) is 5.75 Å². The number of carbonyl (C=O) groups excluding carboxylic acids is 1. The Morgan fingerprint density at radius 1 is 1.36 bits per heavy atom. The van der Waals surface area contributed by atoms with Gasteiger partial charge in [-0.25, -0.2) is 9.78 Å². The SMILES string of the molecule is NCCCNC(=O)OCc1ccc2c(Cl)cc(Cl)c(O)c2n1. The summed E-state index contributed by atoms with van der Waals surface area (Å²) < 4.78 is 5.02. The van der Waals surface area contributed by atoms with Crippen LogP contribution in [0.1, 0.15) is 12.1 Å². The second-order valence-electron chi connectivity index (χ2n) is 4.53. The second-order valence-corrected chi connectivity index (χ2v) is 5.35. The number of nitrogens with two attached hydrogens (primary N) is 1. The van der Waals surface area contributed by atoms with E-state index in [2.05, 4.69) is 10.3 Å². The molecule has 0 saturated carbocycles. The average Bonchev–Trinajstić information content (AvgIpc) is 2.51. The van der Waals surface area contributed by atoms with Crippen LogP contribution in [0.4, 0.5) is 4.79 Å². The van der Waals surface area contributed by atoms with Gasteiger partial charge < -0.3 is 20.9 Å². The molecule has 0 radical (unpaired) electrons. The number of phenols is 1. The Labute approximate surface area is 137 Å². The number of hydrogen-bond donors (Lipinski definition) is 3. The number of halogens is 2. The first kappa shape index (κ1) is 16.6. The monoisotopic (exact) mass is 343 g/mol. The predicted molar refractivity (Wildman–Crippen MR) is 85.3 cm³/mol. The van der Waals surface area contributed by atoms with Crippen LogP contribution in [-0.4, -0.2) is 29.3 Å². The van der Waals surface area contributed by atoms with Gasteiger partial charge >= 0.3 is 6.09 Å². The fourth-order valence-electron chi connectivity index (χ4n) is 1.81. The summed E-state index contributed by atoms with van der Waals surface area (Å²) in [6.07, 6.45) is 0.123. The molecule has 0 bridgehead atoms. The molecule has 4 N–H and O–H groups in total. The predicted octanol–water partition coefficient (Wildman–Crippen LogP) is 2.82. The maximum Gasteiger partial charge on any atom is 0.407 e. The summed E-state index contributed by atoms with van der Waals surface area (Å²) >= 11 is 11.9. The molecule has 22 heavy (non-hydrogen) atoms. The number of aromatic hydroxyl groups is 1. The molecule has 0 aliphatic heterocycles. The maximum absolute atomic E-state index is 11.4. The van der Waals surface area contributed by atoms with Gasteiger partial charge in [0.05, 0.1) is 15.7 Å². The molecule has 1 amide bonds. The van der Waals surface area contributed by atoms with Crippen LogP contribution in [0.2, 0.25) is 10.0 Å². The van der Waals surface area contributed by atoms with Crippen molar-refractivity contribution in [1.82, 2.24) is 10.3 Å². The van der Waals surface area contributed by atoms with Gasteiger partial charge in [0.2, 0.25) is 0 Å². The Balaban J connectivity index is 2.10. The largest absolute Gasteiger partial charge is 0.504 e. The molecule has 0 fully saturated rings. The van der Waals surface area contributed by atoms with E-state index < -0.39 is 6.09 Å². The van der Waals surface area contributed by atoms with E-state index >= 15 is 0 Å². The number of rotatable bonds is 5. The van der Waals surface area contributed by atoms with Gasteiger partial charge in [0, 0.05) is 11.9 Å². The fraction of sp³-hybridized carbons (Fsp3) is 0.286. The number of alkyl carbamates (subject to hydrolysis) is 1. The van der Waals surface area contributed by atoms with Gasteiger partial charge in [-0.05, 0) is 31.2 Å². The third-order valence-electron chi connectivity index (χ3n) is 2.92. The van der Waals surface area contributed by atoms with Gasteiger partial charge in [0.25, 0.3) is 0 Å². The Bertz CT molecular complexity index is 695. The number of pyridine rings is 1. The highest BCUT2D eigenvalue weighted by Crippen LogP contribution is 2.36. The highest BCUT2D eigenvalue weighted by Gasteiger charge is 2.12. The van der Waals surface area contributed by atoms with Crippen LogP contribution in [0.15, 0.2) is 18.2 Å². The summed E-state index contributed by atoms with van der Waals surface area (Å²) in [6.45, 7) is 0.910. The normalized spacial score (nSPS) is 10.7. The van der Waals surface area contributed by atoms with Gasteiger partial charge in [-0.3, -0.25) is 0 Å². The highest BCUT2D eigenvalue weighted by molar-refractivity contribution is 6.39. The van der Waals surface area contributed by atoms with Crippen molar-refractivity contribution in [2.24, 2.45) is 5.73 Å². The van der Waals surface area contributed by atoms with Crippen LogP contribution >= 0.6 is 23.2 Å². The van der Waals surface area contributed by atoms with Crippen molar-refractivity contribution in [2.45, 2.75) is 13.0 Å². The first-order chi connectivity index (χ1) is 10.5. The van der Waals surface area contributed by atoms with Crippen LogP contribution in [0.5, 0.6) is 5.75 Å². The standard InChI is InChI=1S/C14H15Cl2N3O3/c15-10-6-11(16)13(20)12-9(10)3-2-8(19-12)7-22-14(21)18-5-1-4-17/h2-3,6,20H,1,4-5,7,17H2,(H,18,21). The fourth-order valence-corrected chi connectivity index (χ4v) is 2.32. The van der Waals surface area contributed by atoms with Crippen LogP contribution in [0, 0.1) is 0 Å². The Hall–Kier alpha value is -1.76. The van der Waals surface area contributed by atoms with Crippen molar-refractivity contribution in [2.75, 3.05) is 13.1 Å². The lowest BCUT2D eigenvalue weighted by atomic mass is 10.2. The molecule has 6 nitrogen and oxygen atoms in total. The lowest BCUT2D eigenvalue weighted by Gasteiger charge is -2.09. The second kappa shape index (κ2) is 7.49. The smallest absolute Gasteiger partial charge is 0.407 e. The minimum absolute atomic E-state index is 0.0338. The number of phenolic OH excluding ortho intramolecular Hbond substituents is 1. The van der Waals surface area contributed by atoms with Gasteiger partial charge in [-0.15, -0.1) is 0 Å². The quantitative estimate of drug-likeness (QED) is 0.725. The van der Waals surface area contributed by atoms with Crippen LogP contribution < -0.4 is 11.1 Å². The molecule has 0 atom stereocenters. The summed E-state index contributed by atoms with van der Waals surface area (Å²) in [5, 5.41) is 13.6. The Kier molecular flexibility index (Phi) is 5.65. The number of benzene rings is 1. The van der Waals surface area contributed by atoms with Gasteiger partial charge in [-0.1, -0.05) is 23.2 Å². The van der Waals surface area contributed by atoms with E-state index in [-0.39, 0.29) is 22.9 Å². The van der Waals surface area contributed by atoms with E-state index in [1.54, 1.807) is 12.1 Å². The van der Waals surface area contributed by atoms with Gasteiger partial charge in [-0.2, -0.15) is 0 Å². The van der Waals surface area contributed by atoms with Gasteiger partial charge in [0.1, 0.15) is 12.1 Å². The first-order valence-corrected chi connectivity index (χ1v) is 7.36. The van der Waals surface area contributed by atoms with Crippen molar-refractivity contribution in [1.29, 1.82) is 0 Å². The first-order valence-electron chi connectivity index (χ1n) is 6.60. The number of aromatic nitrogens is 1. The zero-order valence-electron chi connectivity index (χ0n) is 11.6. The van der Waals surface area contributed by atoms with E-state index in [0.717, 1.165) is 0 Å². The molecule has 1 aromatic heterocycles. The molecular weight excluding hydrogens is 329 g/mol. The van der Waals surface area contributed by atoms with Gasteiger partial charge in [0.15, 0.2) is 5.75 Å². The molecule has 0 aliphatic carbocycles. The molecule has 8 heteroatoms. The third kappa shape index (κ3) is 3.91. The molecule has 1 heterocycles. The van der Waals surface area contributed by atoms with Crippen LogP contribution in [0.3, 0.4) is 0 Å². The molecule has 0 saturated heterocycles. The molecule has 0 aliphatic rings. The maximum atomic E-state index is 11.4. The summed E-state index contributed by atoms with van der Waals surface area (Å²) in [4.78, 5) is 15.7. The lowest BCUT2D eigenvalue weighted by Crippen LogP contribution is -2.26. The molecule has 118 valence electrons. The minimum atomic E-state index is -0.552. The number of nitrogens with one attached hydrogen (secondary N) is 1. The van der Waals surface area contributed by atoms with Crippen molar-refractivity contribution in [3.05, 3.63) is 33.9 Å². The Morgan fingerprint density at radius 2 is 2.14 bits per heavy atom. The van der Waals surface area contributed by atoms with Crippen LogP contribution in [0.25, 0.3) is 10.9 Å². The topological polar surface area (TPSA) is 97.5 Å². The molecule has 1 aromatic carbocycles. The third-order valence-corrected chi connectivity index (χ3v) is 3.52. The van der Waals surface area contributed by atoms with E-state index in [9.17, 15) is 9.90 Å². The average molecular weight is 344 g/mol. The molecule has 2 rings (SSSR count). The highest BCUT2D eigenvalue weighted by atomic mass is 35.5. The molecule has 2 aromatic rings. The van der Waals surface area contributed by atoms with Crippen molar-refractivity contribution >= 4 is 40.2 Å². The zero-order chi connectivity index (χ0) is 16.1. The molecule has 0 spiro atoms. The molecular formula is C14H15Cl2N3O3. The van der Waals surface area contributed by atoms with E-state index in [1.165, 1.54) is 6.07 Å². The Morgan fingerprint density at radius 3 is 2.86 bits per heavy atom. The summed E-state index contributed by atoms with van der Waals surface area (Å²) in [5.41, 5.74) is 6.06. The minimum Gasteiger partial charge on any atom is -0.504 e. The summed E-state index contributed by atoms with van der Waals surface area (Å²) in [5.74, 6) is -0.157. The number of carbonyl (C=O) groups is 1. The van der Waals surface area contributed by atoms with Crippen LogP contribution in [-0.2, 0) is 11.3 Å². The lowest BCUT2D eigenvalue weighted by molar-refractivity contribution is 0.138. The number of fused-ring (bicyclic) bond motifs is 1. The van der Waals surface area contributed by atoms with Crippen molar-refractivity contribution in [3.63, 3.8) is 0 Å². The summed E-state index contributed by atoms with van der Waals surface area (Å²) in [6, 6.07) is 4.80. The van der Waals surface area contributed by atoms with Crippen molar-refractivity contribution < 1.29 is 14.6 Å². The van der Waals surface area contributed by atoms with E-state index in [1.807, 2.05) is 0 Å². The number of hydrogen-bond acceptors (Lipinski definition) is 5. The van der Waals surface area contributed by atoms with E-state index in [4.69, 9.17) is 33.7 Å². The number of nitrogens with zero attached hydrogens (tertiary/aromatic N) is 1. The summed E-state index contributed by atoms with van der Waals surface area (Å²) in [7, 11) is 0.